The molecule has 8 nitrogen and oxygen atoms in total. The number of rotatable bonds is 4. The van der Waals surface area contributed by atoms with E-state index in [2.05, 4.69) is 14.7 Å². The van der Waals surface area contributed by atoms with Crippen molar-refractivity contribution >= 4 is 55.7 Å². The number of nitrogens with zero attached hydrogens (tertiary/aromatic N) is 3. The van der Waals surface area contributed by atoms with Gasteiger partial charge in [0.25, 0.3) is 15.9 Å². The van der Waals surface area contributed by atoms with E-state index in [-0.39, 0.29) is 17.8 Å². The average molecular weight is 536 g/mol. The van der Waals surface area contributed by atoms with Gasteiger partial charge in [0.2, 0.25) is 0 Å². The zero-order valence-electron chi connectivity index (χ0n) is 18.7. The first-order valence-corrected chi connectivity index (χ1v) is 12.9. The van der Waals surface area contributed by atoms with E-state index in [0.29, 0.717) is 33.9 Å². The van der Waals surface area contributed by atoms with Crippen LogP contribution in [-0.4, -0.2) is 40.3 Å². The highest BCUT2D eigenvalue weighted by atomic mass is 35.5. The highest BCUT2D eigenvalue weighted by molar-refractivity contribution is 7.92. The van der Waals surface area contributed by atoms with Gasteiger partial charge in [0.15, 0.2) is 5.82 Å². The van der Waals surface area contributed by atoms with E-state index < -0.39 is 26.6 Å². The SMILES string of the molecule is Cc1nc2c(n1C)CCN(C(=O)c1cccc(S(=O)(=O)Nc3ccc(Cl)c4c(Cl)c[nH]c34)c1F)C2. The topological polar surface area (TPSA) is 100 Å². The van der Waals surface area contributed by atoms with E-state index in [9.17, 15) is 13.2 Å². The molecule has 182 valence electrons. The van der Waals surface area contributed by atoms with Gasteiger partial charge in [-0.1, -0.05) is 29.3 Å². The van der Waals surface area contributed by atoms with Crippen molar-refractivity contribution in [2.75, 3.05) is 11.3 Å². The number of amides is 1. The molecule has 0 bridgehead atoms. The Labute approximate surface area is 210 Å². The zero-order valence-corrected chi connectivity index (χ0v) is 21.0. The fourth-order valence-electron chi connectivity index (χ4n) is 4.34. The van der Waals surface area contributed by atoms with E-state index >= 15 is 4.39 Å². The molecule has 0 fully saturated rings. The molecular formula is C23H20Cl2FN5O3S. The Kier molecular flexibility index (Phi) is 5.77. The Bertz CT molecular complexity index is 1610. The number of halogens is 3. The third-order valence-electron chi connectivity index (χ3n) is 6.23. The zero-order chi connectivity index (χ0) is 25.1. The Balaban J connectivity index is 1.46. The molecule has 0 atom stereocenters. The molecule has 0 spiro atoms. The predicted molar refractivity (Wildman–Crippen MR) is 132 cm³/mol. The molecule has 35 heavy (non-hydrogen) atoms. The van der Waals surface area contributed by atoms with Crippen LogP contribution in [0.25, 0.3) is 10.9 Å². The summed E-state index contributed by atoms with van der Waals surface area (Å²) < 4.78 is 46.1. The van der Waals surface area contributed by atoms with Gasteiger partial charge >= 0.3 is 0 Å². The average Bonchev–Trinajstić information content (AvgIpc) is 3.35. The Morgan fingerprint density at radius 3 is 2.74 bits per heavy atom. The van der Waals surface area contributed by atoms with E-state index in [4.69, 9.17) is 23.2 Å². The van der Waals surface area contributed by atoms with Crippen molar-refractivity contribution < 1.29 is 17.6 Å². The Hall–Kier alpha value is -3.08. The number of carbonyl (C=O) groups is 1. The summed E-state index contributed by atoms with van der Waals surface area (Å²) in [5.74, 6) is -0.893. The summed E-state index contributed by atoms with van der Waals surface area (Å²) in [6.07, 6.45) is 2.05. The van der Waals surface area contributed by atoms with Crippen molar-refractivity contribution in [3.05, 3.63) is 75.2 Å². The normalized spacial score (nSPS) is 13.8. The van der Waals surface area contributed by atoms with Crippen LogP contribution in [-0.2, 0) is 30.0 Å². The van der Waals surface area contributed by atoms with Crippen molar-refractivity contribution in [2.24, 2.45) is 7.05 Å². The van der Waals surface area contributed by atoms with Crippen LogP contribution in [0, 0.1) is 12.7 Å². The minimum absolute atomic E-state index is 0.140. The molecule has 12 heteroatoms. The molecular weight excluding hydrogens is 516 g/mol. The lowest BCUT2D eigenvalue weighted by Crippen LogP contribution is -2.37. The summed E-state index contributed by atoms with van der Waals surface area (Å²) in [6.45, 7) is 2.47. The van der Waals surface area contributed by atoms with E-state index in [0.717, 1.165) is 23.3 Å². The van der Waals surface area contributed by atoms with Crippen LogP contribution in [0.3, 0.4) is 0 Å². The van der Waals surface area contributed by atoms with Gasteiger partial charge in [-0.15, -0.1) is 0 Å². The summed E-state index contributed by atoms with van der Waals surface area (Å²) in [4.78, 5) is 21.4. The second-order valence-corrected chi connectivity index (χ2v) is 10.8. The van der Waals surface area contributed by atoms with Gasteiger partial charge in [-0.3, -0.25) is 9.52 Å². The monoisotopic (exact) mass is 535 g/mol. The van der Waals surface area contributed by atoms with Gasteiger partial charge in [0, 0.05) is 37.3 Å². The van der Waals surface area contributed by atoms with Crippen LogP contribution in [0.4, 0.5) is 10.1 Å². The molecule has 1 aliphatic heterocycles. The first-order chi connectivity index (χ1) is 16.6. The van der Waals surface area contributed by atoms with E-state index in [1.165, 1.54) is 35.4 Å². The lowest BCUT2D eigenvalue weighted by molar-refractivity contribution is 0.0725. The molecule has 5 rings (SSSR count). The molecule has 3 heterocycles. The second-order valence-electron chi connectivity index (χ2n) is 8.29. The van der Waals surface area contributed by atoms with Gasteiger partial charge in [-0.25, -0.2) is 17.8 Å². The fourth-order valence-corrected chi connectivity index (χ4v) is 6.08. The number of hydrogen-bond acceptors (Lipinski definition) is 4. The van der Waals surface area contributed by atoms with Crippen LogP contribution in [0.1, 0.15) is 27.6 Å². The molecule has 1 aliphatic rings. The maximum absolute atomic E-state index is 15.5. The second kappa shape index (κ2) is 8.54. The van der Waals surface area contributed by atoms with Crippen LogP contribution in [0.5, 0.6) is 0 Å². The molecule has 2 aromatic heterocycles. The van der Waals surface area contributed by atoms with Crippen LogP contribution < -0.4 is 4.72 Å². The summed E-state index contributed by atoms with van der Waals surface area (Å²) in [5, 5.41) is 1.09. The highest BCUT2D eigenvalue weighted by Gasteiger charge is 2.30. The van der Waals surface area contributed by atoms with Gasteiger partial charge in [0.05, 0.1) is 39.1 Å². The van der Waals surface area contributed by atoms with Gasteiger partial charge < -0.3 is 14.5 Å². The summed E-state index contributed by atoms with van der Waals surface area (Å²) in [7, 11) is -2.48. The maximum atomic E-state index is 15.5. The summed E-state index contributed by atoms with van der Waals surface area (Å²) in [5.41, 5.74) is 1.96. The van der Waals surface area contributed by atoms with Crippen molar-refractivity contribution in [2.45, 2.75) is 24.8 Å². The van der Waals surface area contributed by atoms with Gasteiger partial charge in [-0.2, -0.15) is 0 Å². The molecule has 0 saturated heterocycles. The number of aromatic amines is 1. The van der Waals surface area contributed by atoms with E-state index in [1.807, 2.05) is 18.5 Å². The van der Waals surface area contributed by atoms with Crippen molar-refractivity contribution in [3.8, 4) is 0 Å². The minimum atomic E-state index is -4.39. The molecule has 0 radical (unpaired) electrons. The van der Waals surface area contributed by atoms with Gasteiger partial charge in [0.1, 0.15) is 10.7 Å². The number of fused-ring (bicyclic) bond motifs is 2. The van der Waals surface area contributed by atoms with Crippen LogP contribution in [0.15, 0.2) is 41.4 Å². The number of nitrogens with one attached hydrogen (secondary N) is 2. The quantitative estimate of drug-likeness (QED) is 0.397. The van der Waals surface area contributed by atoms with Gasteiger partial charge in [-0.05, 0) is 31.2 Å². The molecule has 0 saturated carbocycles. The minimum Gasteiger partial charge on any atom is -0.358 e. The number of hydrogen-bond donors (Lipinski definition) is 2. The largest absolute Gasteiger partial charge is 0.358 e. The molecule has 2 aromatic carbocycles. The molecule has 0 aliphatic carbocycles. The fraction of sp³-hybridized carbons (Fsp3) is 0.217. The number of benzene rings is 2. The third-order valence-corrected chi connectivity index (χ3v) is 8.23. The van der Waals surface area contributed by atoms with E-state index in [1.54, 1.807) is 0 Å². The Morgan fingerprint density at radius 2 is 1.97 bits per heavy atom. The standard InChI is InChI=1S/C23H20Cl2FN5O3S/c1-12-28-17-11-31(9-8-18(17)30(12)2)23(32)13-4-3-5-19(21(13)26)35(33,34)29-16-7-6-14(24)20-15(25)10-27-22(16)20/h3-7,10,27,29H,8-9,11H2,1-2H3. The van der Waals surface area contributed by atoms with Crippen molar-refractivity contribution in [3.63, 3.8) is 0 Å². The predicted octanol–water partition coefficient (Wildman–Crippen LogP) is 4.66. The lowest BCUT2D eigenvalue weighted by Gasteiger charge is -2.27. The lowest BCUT2D eigenvalue weighted by atomic mass is 10.1. The van der Waals surface area contributed by atoms with Crippen molar-refractivity contribution in [1.82, 2.24) is 19.4 Å². The summed E-state index contributed by atoms with van der Waals surface area (Å²) >= 11 is 12.3. The smallest absolute Gasteiger partial charge is 0.264 e. The third kappa shape index (κ3) is 3.95. The number of carbonyl (C=O) groups excluding carboxylic acids is 1. The molecule has 2 N–H and O–H groups in total. The number of imidazole rings is 1. The number of sulfonamides is 1. The van der Waals surface area contributed by atoms with Crippen LogP contribution in [0.2, 0.25) is 10.0 Å². The molecule has 4 aromatic rings. The highest BCUT2D eigenvalue weighted by Crippen LogP contribution is 2.35. The molecule has 1 amide bonds. The van der Waals surface area contributed by atoms with Crippen molar-refractivity contribution in [1.29, 1.82) is 0 Å². The first kappa shape index (κ1) is 23.7. The number of aromatic nitrogens is 3. The Morgan fingerprint density at radius 1 is 1.20 bits per heavy atom. The molecule has 0 unspecified atom stereocenters. The summed E-state index contributed by atoms with van der Waals surface area (Å²) in [6, 6.07) is 6.67. The number of H-pyrrole nitrogens is 1. The maximum Gasteiger partial charge on any atom is 0.264 e. The first-order valence-electron chi connectivity index (χ1n) is 10.6. The number of aryl methyl sites for hydroxylation is 1. The number of anilines is 1. The van der Waals surface area contributed by atoms with Crippen LogP contribution >= 0.6 is 23.2 Å².